The third-order valence-corrected chi connectivity index (χ3v) is 7.27. The van der Waals surface area contributed by atoms with Crippen LogP contribution in [0.3, 0.4) is 0 Å². The number of para-hydroxylation sites is 2. The molecule has 3 aromatic heterocycles. The number of aromatic nitrogens is 6. The molecule has 0 bridgehead atoms. The molecule has 1 saturated carbocycles. The molecule has 0 saturated heterocycles. The molecule has 38 heavy (non-hydrogen) atoms. The number of rotatable bonds is 8. The molecule has 3 heterocycles. The van der Waals surface area contributed by atoms with Crippen molar-refractivity contribution in [2.24, 2.45) is 7.05 Å². The lowest BCUT2D eigenvalue weighted by molar-refractivity contribution is 0.101. The predicted molar refractivity (Wildman–Crippen MR) is 147 cm³/mol. The summed E-state index contributed by atoms with van der Waals surface area (Å²) in [7, 11) is 2.03. The summed E-state index contributed by atoms with van der Waals surface area (Å²) in [6.07, 6.45) is 5.72. The van der Waals surface area contributed by atoms with Crippen molar-refractivity contribution < 1.29 is 9.53 Å². The third-order valence-electron chi connectivity index (χ3n) is 7.27. The lowest BCUT2D eigenvalue weighted by Crippen LogP contribution is -2.28. The molecule has 5 aromatic rings. The minimum Gasteiger partial charge on any atom is -0.446 e. The summed E-state index contributed by atoms with van der Waals surface area (Å²) in [4.78, 5) is 21.7. The van der Waals surface area contributed by atoms with Crippen LogP contribution >= 0.6 is 0 Å². The summed E-state index contributed by atoms with van der Waals surface area (Å²) in [5, 5.41) is 15.0. The number of benzene rings is 2. The minimum atomic E-state index is -0.307. The maximum absolute atomic E-state index is 11.9. The van der Waals surface area contributed by atoms with E-state index in [-0.39, 0.29) is 12.2 Å². The van der Waals surface area contributed by atoms with E-state index in [0.717, 1.165) is 77.8 Å². The van der Waals surface area contributed by atoms with Crippen LogP contribution in [-0.2, 0) is 11.8 Å². The second-order valence-electron chi connectivity index (χ2n) is 9.93. The molecule has 6 rings (SSSR count). The Morgan fingerprint density at radius 1 is 1.00 bits per heavy atom. The van der Waals surface area contributed by atoms with Crippen LogP contribution in [0.5, 0.6) is 0 Å². The molecule has 196 valence electrons. The Morgan fingerprint density at radius 2 is 1.82 bits per heavy atom. The van der Waals surface area contributed by atoms with E-state index < -0.39 is 0 Å². The summed E-state index contributed by atoms with van der Waals surface area (Å²) < 4.78 is 9.58. The maximum Gasteiger partial charge on any atom is 0.407 e. The molecule has 10 heteroatoms. The van der Waals surface area contributed by atoms with Crippen molar-refractivity contribution in [3.8, 4) is 11.4 Å². The highest BCUT2D eigenvalue weighted by Gasteiger charge is 2.19. The SMILES string of the molecule is Cc1nnc2c(NCCCCNC(=O)OC3CCCC3)nc3cc(-c4nc5ccccc5n4C)ccc3n12. The number of carbonyl (C=O) groups excluding carboxylic acids is 1. The fourth-order valence-corrected chi connectivity index (χ4v) is 5.28. The first-order valence-electron chi connectivity index (χ1n) is 13.3. The molecule has 2 N–H and O–H groups in total. The van der Waals surface area contributed by atoms with Gasteiger partial charge >= 0.3 is 6.09 Å². The van der Waals surface area contributed by atoms with Crippen LogP contribution in [0.15, 0.2) is 42.5 Å². The van der Waals surface area contributed by atoms with Crippen molar-refractivity contribution in [2.75, 3.05) is 18.4 Å². The Kier molecular flexibility index (Phi) is 6.53. The van der Waals surface area contributed by atoms with Gasteiger partial charge in [-0.2, -0.15) is 0 Å². The van der Waals surface area contributed by atoms with Crippen LogP contribution in [0.2, 0.25) is 0 Å². The number of hydrogen-bond acceptors (Lipinski definition) is 7. The van der Waals surface area contributed by atoms with Gasteiger partial charge in [-0.15, -0.1) is 10.2 Å². The summed E-state index contributed by atoms with van der Waals surface area (Å²) >= 11 is 0. The smallest absolute Gasteiger partial charge is 0.407 e. The summed E-state index contributed by atoms with van der Waals surface area (Å²) in [6, 6.07) is 14.3. The minimum absolute atomic E-state index is 0.0849. The number of amides is 1. The molecular weight excluding hydrogens is 480 g/mol. The molecule has 2 aromatic carbocycles. The molecule has 10 nitrogen and oxygen atoms in total. The highest BCUT2D eigenvalue weighted by atomic mass is 16.6. The number of nitrogens with one attached hydrogen (secondary N) is 2. The van der Waals surface area contributed by atoms with E-state index in [1.807, 2.05) is 36.6 Å². The van der Waals surface area contributed by atoms with Crippen molar-refractivity contribution in [3.63, 3.8) is 0 Å². The fraction of sp³-hybridized carbons (Fsp3) is 0.393. The van der Waals surface area contributed by atoms with Gasteiger partial charge in [0.05, 0.1) is 22.1 Å². The van der Waals surface area contributed by atoms with Crippen LogP contribution in [0, 0.1) is 6.92 Å². The van der Waals surface area contributed by atoms with Crippen LogP contribution in [-0.4, -0.2) is 54.4 Å². The van der Waals surface area contributed by atoms with Crippen molar-refractivity contribution >= 4 is 39.6 Å². The number of hydrogen-bond donors (Lipinski definition) is 2. The molecule has 1 aliphatic carbocycles. The topological polar surface area (TPSA) is 111 Å². The molecule has 1 aliphatic rings. The zero-order valence-electron chi connectivity index (χ0n) is 21.8. The Hall–Kier alpha value is -4.21. The van der Waals surface area contributed by atoms with E-state index in [1.54, 1.807) is 0 Å². The van der Waals surface area contributed by atoms with Gasteiger partial charge in [0.2, 0.25) is 5.65 Å². The van der Waals surface area contributed by atoms with Gasteiger partial charge in [-0.05, 0) is 75.8 Å². The van der Waals surface area contributed by atoms with Gasteiger partial charge in [0, 0.05) is 25.7 Å². The van der Waals surface area contributed by atoms with Crippen LogP contribution in [0.1, 0.15) is 44.3 Å². The number of ether oxygens (including phenoxy) is 1. The average molecular weight is 513 g/mol. The van der Waals surface area contributed by atoms with Crippen molar-refractivity contribution in [3.05, 3.63) is 48.3 Å². The van der Waals surface area contributed by atoms with Crippen LogP contribution < -0.4 is 10.6 Å². The predicted octanol–water partition coefficient (Wildman–Crippen LogP) is 5.00. The summed E-state index contributed by atoms with van der Waals surface area (Å²) in [6.45, 7) is 3.22. The number of unbranched alkanes of at least 4 members (excludes halogenated alkanes) is 1. The quantitative estimate of drug-likeness (QED) is 0.281. The zero-order valence-corrected chi connectivity index (χ0v) is 21.8. The van der Waals surface area contributed by atoms with Gasteiger partial charge in [-0.1, -0.05) is 12.1 Å². The van der Waals surface area contributed by atoms with E-state index in [1.165, 1.54) is 0 Å². The van der Waals surface area contributed by atoms with Gasteiger partial charge in [-0.25, -0.2) is 14.8 Å². The second-order valence-corrected chi connectivity index (χ2v) is 9.93. The third kappa shape index (κ3) is 4.62. The van der Waals surface area contributed by atoms with Crippen LogP contribution in [0.25, 0.3) is 39.1 Å². The first kappa shape index (κ1) is 24.1. The second kappa shape index (κ2) is 10.3. The van der Waals surface area contributed by atoms with Crippen molar-refractivity contribution in [2.45, 2.75) is 51.6 Å². The summed E-state index contributed by atoms with van der Waals surface area (Å²) in [5.74, 6) is 2.38. The van der Waals surface area contributed by atoms with E-state index in [0.29, 0.717) is 24.6 Å². The number of alkyl carbamates (subject to hydrolysis) is 1. The van der Waals surface area contributed by atoms with Gasteiger partial charge < -0.3 is 19.9 Å². The van der Waals surface area contributed by atoms with E-state index in [9.17, 15) is 4.79 Å². The molecule has 0 unspecified atom stereocenters. The standard InChI is InChI=1S/C28H32N8O2/c1-18-33-34-27-25(29-15-7-8-16-30-28(37)38-20-9-3-4-10-20)31-22-17-19(13-14-24(22)36(18)27)26-32-21-11-5-6-12-23(21)35(26)2/h5-6,11-14,17,20H,3-4,7-10,15-16H2,1-2H3,(H,29,31)(H,30,37). The largest absolute Gasteiger partial charge is 0.446 e. The Balaban J connectivity index is 1.17. The highest BCUT2D eigenvalue weighted by Crippen LogP contribution is 2.28. The number of nitrogens with zero attached hydrogens (tertiary/aromatic N) is 6. The lowest BCUT2D eigenvalue weighted by atomic mass is 10.1. The Morgan fingerprint density at radius 3 is 2.66 bits per heavy atom. The lowest BCUT2D eigenvalue weighted by Gasteiger charge is -2.12. The molecular formula is C28H32N8O2. The Labute approximate surface area is 220 Å². The zero-order chi connectivity index (χ0) is 26.1. The average Bonchev–Trinajstić information content (AvgIpc) is 3.66. The number of carbonyl (C=O) groups is 1. The molecule has 1 amide bonds. The normalized spacial score (nSPS) is 14.1. The molecule has 1 fully saturated rings. The maximum atomic E-state index is 11.9. The van der Waals surface area contributed by atoms with Crippen LogP contribution in [0.4, 0.5) is 10.6 Å². The molecule has 0 radical (unpaired) electrons. The number of imidazole rings is 1. The number of aryl methyl sites for hydroxylation is 2. The van der Waals surface area contributed by atoms with E-state index in [2.05, 4.69) is 49.7 Å². The highest BCUT2D eigenvalue weighted by molar-refractivity contribution is 5.88. The van der Waals surface area contributed by atoms with E-state index in [4.69, 9.17) is 14.7 Å². The van der Waals surface area contributed by atoms with E-state index >= 15 is 0 Å². The fourth-order valence-electron chi connectivity index (χ4n) is 5.28. The Bertz CT molecular complexity index is 1620. The van der Waals surface area contributed by atoms with Crippen molar-refractivity contribution in [1.82, 2.24) is 34.4 Å². The van der Waals surface area contributed by atoms with Gasteiger partial charge in [-0.3, -0.25) is 4.40 Å². The molecule has 0 spiro atoms. The van der Waals surface area contributed by atoms with Crippen molar-refractivity contribution in [1.29, 1.82) is 0 Å². The first-order chi connectivity index (χ1) is 18.6. The monoisotopic (exact) mass is 512 g/mol. The molecule has 0 atom stereocenters. The first-order valence-corrected chi connectivity index (χ1v) is 13.3. The van der Waals surface area contributed by atoms with Gasteiger partial charge in [0.25, 0.3) is 0 Å². The molecule has 0 aliphatic heterocycles. The summed E-state index contributed by atoms with van der Waals surface area (Å²) in [5.41, 5.74) is 5.53. The van der Waals surface area contributed by atoms with Gasteiger partial charge in [0.15, 0.2) is 5.82 Å². The number of anilines is 1. The van der Waals surface area contributed by atoms with Gasteiger partial charge in [0.1, 0.15) is 17.8 Å². The number of fused-ring (bicyclic) bond motifs is 4.